The molecule has 4 nitrogen and oxygen atoms in total. The van der Waals surface area contributed by atoms with Crippen LogP contribution in [0.5, 0.6) is 0 Å². The Kier molecular flexibility index (Phi) is 3.83. The van der Waals surface area contributed by atoms with Gasteiger partial charge in [-0.2, -0.15) is 0 Å². The van der Waals surface area contributed by atoms with Crippen LogP contribution in [-0.4, -0.2) is 16.1 Å². The quantitative estimate of drug-likeness (QED) is 0.913. The molecule has 21 heavy (non-hydrogen) atoms. The molecule has 1 amide bonds. The SMILES string of the molecule is Cc1cccc(N=C2NC(=O)S/C2=C\c2cccnc2)c1. The van der Waals surface area contributed by atoms with Gasteiger partial charge >= 0.3 is 0 Å². The summed E-state index contributed by atoms with van der Waals surface area (Å²) in [7, 11) is 0. The van der Waals surface area contributed by atoms with Crippen LogP contribution in [0.4, 0.5) is 10.5 Å². The van der Waals surface area contributed by atoms with Crippen molar-refractivity contribution in [2.75, 3.05) is 0 Å². The lowest BCUT2D eigenvalue weighted by molar-refractivity contribution is 0.265. The summed E-state index contributed by atoms with van der Waals surface area (Å²) < 4.78 is 0. The number of hydrogen-bond donors (Lipinski definition) is 1. The summed E-state index contributed by atoms with van der Waals surface area (Å²) in [5.74, 6) is 0.583. The molecule has 2 heterocycles. The summed E-state index contributed by atoms with van der Waals surface area (Å²) in [5.41, 5.74) is 2.89. The van der Waals surface area contributed by atoms with E-state index in [0.717, 1.165) is 33.5 Å². The van der Waals surface area contributed by atoms with Crippen molar-refractivity contribution in [3.8, 4) is 0 Å². The number of carbonyl (C=O) groups excluding carboxylic acids is 1. The lowest BCUT2D eigenvalue weighted by atomic mass is 10.2. The van der Waals surface area contributed by atoms with Gasteiger partial charge in [-0.25, -0.2) is 4.99 Å². The van der Waals surface area contributed by atoms with Crippen molar-refractivity contribution in [3.63, 3.8) is 0 Å². The first kappa shape index (κ1) is 13.6. The molecule has 0 unspecified atom stereocenters. The van der Waals surface area contributed by atoms with Gasteiger partial charge in [0.1, 0.15) is 5.84 Å². The lowest BCUT2D eigenvalue weighted by Gasteiger charge is -2.00. The van der Waals surface area contributed by atoms with Crippen molar-refractivity contribution in [1.29, 1.82) is 0 Å². The van der Waals surface area contributed by atoms with E-state index in [2.05, 4.69) is 15.3 Å². The van der Waals surface area contributed by atoms with E-state index in [1.54, 1.807) is 12.4 Å². The Morgan fingerprint density at radius 3 is 2.95 bits per heavy atom. The lowest BCUT2D eigenvalue weighted by Crippen LogP contribution is -2.18. The van der Waals surface area contributed by atoms with E-state index in [1.165, 1.54) is 0 Å². The summed E-state index contributed by atoms with van der Waals surface area (Å²) >= 11 is 1.14. The highest BCUT2D eigenvalue weighted by Gasteiger charge is 2.23. The predicted octanol–water partition coefficient (Wildman–Crippen LogP) is 3.92. The number of amides is 1. The minimum Gasteiger partial charge on any atom is -0.300 e. The summed E-state index contributed by atoms with van der Waals surface area (Å²) in [5, 5.41) is 2.66. The Morgan fingerprint density at radius 1 is 1.29 bits per heavy atom. The van der Waals surface area contributed by atoms with Crippen molar-refractivity contribution in [2.24, 2.45) is 4.99 Å². The third kappa shape index (κ3) is 3.38. The van der Waals surface area contributed by atoms with Crippen molar-refractivity contribution in [2.45, 2.75) is 6.92 Å². The summed E-state index contributed by atoms with van der Waals surface area (Å²) in [6.45, 7) is 2.01. The van der Waals surface area contributed by atoms with Crippen molar-refractivity contribution in [3.05, 3.63) is 64.8 Å². The summed E-state index contributed by atoms with van der Waals surface area (Å²) in [6.07, 6.45) is 5.37. The minimum atomic E-state index is -0.114. The average molecular weight is 295 g/mol. The van der Waals surface area contributed by atoms with Gasteiger partial charge in [0.15, 0.2) is 0 Å². The molecule has 5 heteroatoms. The number of thioether (sulfide) groups is 1. The zero-order chi connectivity index (χ0) is 14.7. The van der Waals surface area contributed by atoms with E-state index in [9.17, 15) is 4.79 Å². The van der Waals surface area contributed by atoms with Crippen LogP contribution in [0.15, 0.2) is 58.7 Å². The standard InChI is InChI=1S/C16H13N3OS/c1-11-4-2-6-13(8-11)18-15-14(21-16(20)19-15)9-12-5-3-7-17-10-12/h2-10H,1H3,(H,18,19,20)/b14-9-. The third-order valence-electron chi connectivity index (χ3n) is 2.88. The largest absolute Gasteiger partial charge is 0.300 e. The fourth-order valence-corrected chi connectivity index (χ4v) is 2.69. The first-order valence-corrected chi connectivity index (χ1v) is 7.29. The molecule has 1 aliphatic rings. The zero-order valence-corrected chi connectivity index (χ0v) is 12.2. The first-order chi connectivity index (χ1) is 10.2. The number of rotatable bonds is 2. The summed E-state index contributed by atoms with van der Waals surface area (Å²) in [6, 6.07) is 11.6. The van der Waals surface area contributed by atoms with Crippen LogP contribution < -0.4 is 5.32 Å². The Bertz CT molecular complexity index is 738. The zero-order valence-electron chi connectivity index (χ0n) is 11.4. The first-order valence-electron chi connectivity index (χ1n) is 6.47. The Hall–Kier alpha value is -2.40. The van der Waals surface area contributed by atoms with E-state index in [4.69, 9.17) is 0 Å². The van der Waals surface area contributed by atoms with E-state index < -0.39 is 0 Å². The number of aryl methyl sites for hydroxylation is 1. The number of nitrogens with zero attached hydrogens (tertiary/aromatic N) is 2. The van der Waals surface area contributed by atoms with E-state index in [0.29, 0.717) is 5.84 Å². The number of aromatic nitrogens is 1. The molecule has 1 N–H and O–H groups in total. The molecule has 0 bridgehead atoms. The topological polar surface area (TPSA) is 54.4 Å². The molecule has 0 radical (unpaired) electrons. The van der Waals surface area contributed by atoms with Crippen molar-refractivity contribution >= 4 is 34.6 Å². The Labute approximate surface area is 127 Å². The second kappa shape index (κ2) is 5.93. The molecule has 3 rings (SSSR count). The van der Waals surface area contributed by atoms with Gasteiger partial charge in [0.25, 0.3) is 5.24 Å². The van der Waals surface area contributed by atoms with Gasteiger partial charge in [-0.3, -0.25) is 9.78 Å². The van der Waals surface area contributed by atoms with Gasteiger partial charge in [0.05, 0.1) is 10.6 Å². The molecule has 1 aromatic carbocycles. The van der Waals surface area contributed by atoms with Crippen LogP contribution in [0.1, 0.15) is 11.1 Å². The number of pyridine rings is 1. The predicted molar refractivity (Wildman–Crippen MR) is 86.6 cm³/mol. The maximum absolute atomic E-state index is 11.6. The van der Waals surface area contributed by atoms with Crippen molar-refractivity contribution in [1.82, 2.24) is 10.3 Å². The molecule has 0 saturated carbocycles. The van der Waals surface area contributed by atoms with Gasteiger partial charge in [-0.1, -0.05) is 18.2 Å². The van der Waals surface area contributed by atoms with Gasteiger partial charge in [-0.15, -0.1) is 0 Å². The number of aliphatic imine (C=N–C) groups is 1. The maximum atomic E-state index is 11.6. The molecule has 2 aromatic rings. The number of nitrogens with one attached hydrogen (secondary N) is 1. The number of hydrogen-bond acceptors (Lipinski definition) is 4. The van der Waals surface area contributed by atoms with Gasteiger partial charge < -0.3 is 5.32 Å². The van der Waals surface area contributed by atoms with Crippen LogP contribution in [0.25, 0.3) is 6.08 Å². The molecule has 1 fully saturated rings. The summed E-state index contributed by atoms with van der Waals surface area (Å²) in [4.78, 5) is 21.0. The van der Waals surface area contributed by atoms with Crippen LogP contribution in [0.3, 0.4) is 0 Å². The second-order valence-electron chi connectivity index (χ2n) is 4.61. The molecule has 0 aliphatic carbocycles. The molecule has 1 saturated heterocycles. The number of benzene rings is 1. The van der Waals surface area contributed by atoms with E-state index in [-0.39, 0.29) is 5.24 Å². The fraction of sp³-hybridized carbons (Fsp3) is 0.0625. The van der Waals surface area contributed by atoms with E-state index in [1.807, 2.05) is 49.4 Å². The monoisotopic (exact) mass is 295 g/mol. The maximum Gasteiger partial charge on any atom is 0.289 e. The highest BCUT2D eigenvalue weighted by Crippen LogP contribution is 2.28. The highest BCUT2D eigenvalue weighted by molar-refractivity contribution is 8.18. The minimum absolute atomic E-state index is 0.114. The molecule has 1 aromatic heterocycles. The third-order valence-corrected chi connectivity index (χ3v) is 3.70. The molecular formula is C16H13N3OS. The fourth-order valence-electron chi connectivity index (χ4n) is 1.95. The Morgan fingerprint density at radius 2 is 2.19 bits per heavy atom. The van der Waals surface area contributed by atoms with Crippen molar-refractivity contribution < 1.29 is 4.79 Å². The van der Waals surface area contributed by atoms with Gasteiger partial charge in [0, 0.05) is 12.4 Å². The number of amidine groups is 1. The smallest absolute Gasteiger partial charge is 0.289 e. The normalized spacial score (nSPS) is 18.2. The highest BCUT2D eigenvalue weighted by atomic mass is 32.2. The molecular weight excluding hydrogens is 282 g/mol. The molecule has 104 valence electrons. The van der Waals surface area contributed by atoms with Crippen LogP contribution >= 0.6 is 11.8 Å². The Balaban J connectivity index is 1.96. The molecule has 0 spiro atoms. The average Bonchev–Trinajstić information content (AvgIpc) is 2.80. The van der Waals surface area contributed by atoms with Gasteiger partial charge in [0.2, 0.25) is 0 Å². The van der Waals surface area contributed by atoms with Crippen LogP contribution in [-0.2, 0) is 0 Å². The number of carbonyl (C=O) groups is 1. The van der Waals surface area contributed by atoms with Crippen LogP contribution in [0, 0.1) is 6.92 Å². The second-order valence-corrected chi connectivity index (χ2v) is 5.62. The molecule has 1 aliphatic heterocycles. The van der Waals surface area contributed by atoms with Gasteiger partial charge in [-0.05, 0) is 54.1 Å². The van der Waals surface area contributed by atoms with E-state index >= 15 is 0 Å². The molecule has 0 atom stereocenters. The van der Waals surface area contributed by atoms with Crippen LogP contribution in [0.2, 0.25) is 0 Å².